The van der Waals surface area contributed by atoms with Gasteiger partial charge in [-0.2, -0.15) is 17.5 Å². The summed E-state index contributed by atoms with van der Waals surface area (Å²) in [5, 5.41) is 0. The maximum atomic E-state index is 12.9. The van der Waals surface area contributed by atoms with E-state index in [0.717, 1.165) is 29.8 Å². The molecule has 2 aromatic rings. The van der Waals surface area contributed by atoms with Gasteiger partial charge in [0.15, 0.2) is 0 Å². The number of benzene rings is 1. The third-order valence-electron chi connectivity index (χ3n) is 4.85. The third kappa shape index (κ3) is 4.27. The zero-order valence-electron chi connectivity index (χ0n) is 15.8. The molecule has 1 amide bonds. The summed E-state index contributed by atoms with van der Waals surface area (Å²) in [6, 6.07) is 6.38. The Labute approximate surface area is 167 Å². The first-order valence-electron chi connectivity index (χ1n) is 8.92. The summed E-state index contributed by atoms with van der Waals surface area (Å²) in [5.74, 6) is -0.276. The normalized spacial score (nSPS) is 18.7. The molecule has 1 atom stereocenters. The molecule has 6 nitrogen and oxygen atoms in total. The van der Waals surface area contributed by atoms with Crippen molar-refractivity contribution in [3.05, 3.63) is 59.4 Å². The van der Waals surface area contributed by atoms with Gasteiger partial charge in [0.1, 0.15) is 5.69 Å². The molecule has 0 bridgehead atoms. The number of aromatic nitrogens is 1. The summed E-state index contributed by atoms with van der Waals surface area (Å²) < 4.78 is 65.1. The van der Waals surface area contributed by atoms with Crippen molar-refractivity contribution < 1.29 is 26.4 Å². The molecule has 156 valence electrons. The largest absolute Gasteiger partial charge is 0.416 e. The van der Waals surface area contributed by atoms with Crippen LogP contribution in [-0.2, 0) is 16.2 Å². The van der Waals surface area contributed by atoms with Crippen LogP contribution in [0.15, 0.2) is 47.5 Å². The van der Waals surface area contributed by atoms with E-state index in [1.165, 1.54) is 10.5 Å². The number of amides is 1. The number of halogens is 3. The van der Waals surface area contributed by atoms with Gasteiger partial charge >= 0.3 is 6.18 Å². The second-order valence-corrected chi connectivity index (χ2v) is 8.80. The van der Waals surface area contributed by atoms with Crippen LogP contribution in [0.2, 0.25) is 0 Å². The lowest BCUT2D eigenvalue weighted by atomic mass is 10.1. The van der Waals surface area contributed by atoms with E-state index in [9.17, 15) is 26.4 Å². The Morgan fingerprint density at radius 1 is 1.14 bits per heavy atom. The fraction of sp³-hybridized carbons (Fsp3) is 0.368. The number of hydrogen-bond donors (Lipinski definition) is 0. The Kier molecular flexibility index (Phi) is 5.68. The first-order valence-corrected chi connectivity index (χ1v) is 10.4. The number of aryl methyl sites for hydroxylation is 1. The maximum absolute atomic E-state index is 12.9. The molecule has 1 aromatic heterocycles. The van der Waals surface area contributed by atoms with Crippen LogP contribution in [0.3, 0.4) is 0 Å². The molecule has 0 spiro atoms. The van der Waals surface area contributed by atoms with Crippen LogP contribution < -0.4 is 0 Å². The highest BCUT2D eigenvalue weighted by Crippen LogP contribution is 2.30. The number of carbonyl (C=O) groups excluding carboxylic acids is 1. The molecular weight excluding hydrogens is 407 g/mol. The van der Waals surface area contributed by atoms with Crippen molar-refractivity contribution in [1.82, 2.24) is 14.2 Å². The monoisotopic (exact) mass is 427 g/mol. The first kappa shape index (κ1) is 21.3. The Morgan fingerprint density at radius 2 is 1.79 bits per heavy atom. The minimum absolute atomic E-state index is 0.0438. The van der Waals surface area contributed by atoms with E-state index >= 15 is 0 Å². The number of rotatable bonds is 3. The third-order valence-corrected chi connectivity index (χ3v) is 6.88. The number of piperazine rings is 1. The summed E-state index contributed by atoms with van der Waals surface area (Å²) >= 11 is 0. The van der Waals surface area contributed by atoms with Crippen molar-refractivity contribution in [2.75, 3.05) is 19.6 Å². The molecule has 1 saturated heterocycles. The van der Waals surface area contributed by atoms with Gasteiger partial charge < -0.3 is 4.90 Å². The quantitative estimate of drug-likeness (QED) is 0.755. The van der Waals surface area contributed by atoms with Gasteiger partial charge in [-0.15, -0.1) is 0 Å². The van der Waals surface area contributed by atoms with Crippen LogP contribution in [0.4, 0.5) is 13.2 Å². The van der Waals surface area contributed by atoms with Gasteiger partial charge in [-0.3, -0.25) is 9.78 Å². The van der Waals surface area contributed by atoms with E-state index in [2.05, 4.69) is 4.98 Å². The summed E-state index contributed by atoms with van der Waals surface area (Å²) in [6.07, 6.45) is -3.01. The van der Waals surface area contributed by atoms with E-state index in [-0.39, 0.29) is 30.4 Å². The molecule has 0 saturated carbocycles. The molecular formula is C19H20F3N3O3S. The summed E-state index contributed by atoms with van der Waals surface area (Å²) in [5.41, 5.74) is 0.134. The highest BCUT2D eigenvalue weighted by Gasteiger charge is 2.36. The maximum Gasteiger partial charge on any atom is 0.416 e. The van der Waals surface area contributed by atoms with Crippen molar-refractivity contribution in [1.29, 1.82) is 0 Å². The Balaban J connectivity index is 1.76. The van der Waals surface area contributed by atoms with Gasteiger partial charge in [0.25, 0.3) is 5.91 Å². The number of carbonyl (C=O) groups is 1. The molecule has 10 heteroatoms. The Morgan fingerprint density at radius 3 is 2.34 bits per heavy atom. The molecule has 1 unspecified atom stereocenters. The predicted molar refractivity (Wildman–Crippen MR) is 99.7 cm³/mol. The molecule has 1 aromatic carbocycles. The lowest BCUT2D eigenvalue weighted by Crippen LogP contribution is -2.55. The zero-order valence-corrected chi connectivity index (χ0v) is 16.7. The second kappa shape index (κ2) is 7.75. The average molecular weight is 427 g/mol. The van der Waals surface area contributed by atoms with Gasteiger partial charge in [-0.05, 0) is 49.7 Å². The fourth-order valence-corrected chi connectivity index (χ4v) is 4.91. The van der Waals surface area contributed by atoms with Crippen LogP contribution in [0.1, 0.15) is 28.5 Å². The molecule has 1 fully saturated rings. The summed E-state index contributed by atoms with van der Waals surface area (Å²) in [7, 11) is -3.98. The van der Waals surface area contributed by atoms with E-state index in [1.807, 2.05) is 0 Å². The van der Waals surface area contributed by atoms with Crippen LogP contribution >= 0.6 is 0 Å². The van der Waals surface area contributed by atoms with Gasteiger partial charge in [0.2, 0.25) is 10.0 Å². The molecule has 0 aliphatic carbocycles. The van der Waals surface area contributed by atoms with Crippen LogP contribution in [-0.4, -0.2) is 54.2 Å². The molecule has 0 N–H and O–H groups in total. The van der Waals surface area contributed by atoms with E-state index in [1.54, 1.807) is 30.9 Å². The SMILES string of the molecule is Cc1cccnc1C(=O)N1CCN(S(=O)(=O)c2ccc(C(F)(F)F)cc2)C(C)C1. The van der Waals surface area contributed by atoms with Crippen LogP contribution in [0.25, 0.3) is 0 Å². The van der Waals surface area contributed by atoms with Crippen molar-refractivity contribution in [3.63, 3.8) is 0 Å². The van der Waals surface area contributed by atoms with E-state index in [0.29, 0.717) is 5.69 Å². The fourth-order valence-electron chi connectivity index (χ4n) is 3.29. The van der Waals surface area contributed by atoms with Gasteiger partial charge in [-0.25, -0.2) is 8.42 Å². The van der Waals surface area contributed by atoms with E-state index < -0.39 is 27.8 Å². The van der Waals surface area contributed by atoms with Crippen molar-refractivity contribution >= 4 is 15.9 Å². The smallest absolute Gasteiger partial charge is 0.334 e. The number of sulfonamides is 1. The zero-order chi connectivity index (χ0) is 21.4. The van der Waals surface area contributed by atoms with Crippen molar-refractivity contribution in [2.24, 2.45) is 0 Å². The van der Waals surface area contributed by atoms with Crippen molar-refractivity contribution in [2.45, 2.75) is 31.0 Å². The van der Waals surface area contributed by atoms with Gasteiger partial charge in [-0.1, -0.05) is 6.07 Å². The lowest BCUT2D eigenvalue weighted by molar-refractivity contribution is -0.137. The topological polar surface area (TPSA) is 70.6 Å². The van der Waals surface area contributed by atoms with Crippen molar-refractivity contribution in [3.8, 4) is 0 Å². The minimum atomic E-state index is -4.54. The molecule has 1 aliphatic heterocycles. The first-order chi connectivity index (χ1) is 13.5. The van der Waals surface area contributed by atoms with Crippen LogP contribution in [0.5, 0.6) is 0 Å². The van der Waals surface area contributed by atoms with E-state index in [4.69, 9.17) is 0 Å². The van der Waals surface area contributed by atoms with Crippen LogP contribution in [0, 0.1) is 6.92 Å². The van der Waals surface area contributed by atoms with Gasteiger partial charge in [0, 0.05) is 31.9 Å². The summed E-state index contributed by atoms with van der Waals surface area (Å²) in [4.78, 5) is 18.1. The highest BCUT2D eigenvalue weighted by molar-refractivity contribution is 7.89. The molecule has 3 rings (SSSR count). The minimum Gasteiger partial charge on any atom is -0.334 e. The average Bonchev–Trinajstić information content (AvgIpc) is 2.67. The highest BCUT2D eigenvalue weighted by atomic mass is 32.2. The molecule has 1 aliphatic rings. The second-order valence-electron chi connectivity index (χ2n) is 6.91. The summed E-state index contributed by atoms with van der Waals surface area (Å²) in [6.45, 7) is 3.80. The molecule has 0 radical (unpaired) electrons. The Bertz CT molecular complexity index is 1010. The molecule has 29 heavy (non-hydrogen) atoms. The predicted octanol–water partition coefficient (Wildman–Crippen LogP) is 2.94. The number of nitrogens with zero attached hydrogens (tertiary/aromatic N) is 3. The standard InChI is InChI=1S/C19H20F3N3O3S/c1-13-4-3-9-23-17(13)18(26)24-10-11-25(14(2)12-24)29(27,28)16-7-5-15(6-8-16)19(20,21)22/h3-9,14H,10-12H2,1-2H3. The lowest BCUT2D eigenvalue weighted by Gasteiger charge is -2.38. The Hall–Kier alpha value is -2.46. The number of alkyl halides is 3. The molecule has 2 heterocycles. The number of hydrogen-bond acceptors (Lipinski definition) is 4. The van der Waals surface area contributed by atoms with Gasteiger partial charge in [0.05, 0.1) is 10.5 Å². The number of pyridine rings is 1.